The highest BCUT2D eigenvalue weighted by atomic mass is 16.5. The van der Waals surface area contributed by atoms with Gasteiger partial charge in [0.1, 0.15) is 0 Å². The van der Waals surface area contributed by atoms with Crippen molar-refractivity contribution in [3.05, 3.63) is 48.9 Å². The SMILES string of the molecule is CC(O)(O)N1CCN(C[C@H]2C=CC=CN2O)CCN(C(C)(O)O)CCN(C[C@H]2C=CC=CN2O)CC1. The van der Waals surface area contributed by atoms with Crippen molar-refractivity contribution in [1.82, 2.24) is 29.7 Å². The van der Waals surface area contributed by atoms with E-state index in [1.807, 2.05) is 24.3 Å². The summed E-state index contributed by atoms with van der Waals surface area (Å²) in [6.45, 7) is 6.92. The number of hydrogen-bond acceptors (Lipinski definition) is 12. The van der Waals surface area contributed by atoms with Crippen molar-refractivity contribution in [3.8, 4) is 0 Å². The van der Waals surface area contributed by atoms with Gasteiger partial charge in [-0.2, -0.15) is 0 Å². The van der Waals surface area contributed by atoms with Gasteiger partial charge in [-0.3, -0.25) is 40.1 Å². The van der Waals surface area contributed by atoms with Crippen molar-refractivity contribution in [2.75, 3.05) is 65.4 Å². The van der Waals surface area contributed by atoms with Gasteiger partial charge in [-0.05, 0) is 12.2 Å². The molecule has 1 saturated heterocycles. The van der Waals surface area contributed by atoms with E-state index in [4.69, 9.17) is 0 Å². The molecule has 0 aromatic heterocycles. The molecule has 0 radical (unpaired) electrons. The quantitative estimate of drug-likeness (QED) is 0.239. The predicted octanol–water partition coefficient (Wildman–Crippen LogP) is -1.19. The van der Waals surface area contributed by atoms with Crippen LogP contribution < -0.4 is 0 Å². The van der Waals surface area contributed by atoms with Gasteiger partial charge in [0.15, 0.2) is 0 Å². The second-order valence-electron chi connectivity index (χ2n) is 9.86. The molecule has 0 saturated carbocycles. The third-order valence-electron chi connectivity index (χ3n) is 6.88. The highest BCUT2D eigenvalue weighted by Gasteiger charge is 2.31. The van der Waals surface area contributed by atoms with Gasteiger partial charge in [0.25, 0.3) is 0 Å². The fourth-order valence-corrected chi connectivity index (χ4v) is 4.58. The summed E-state index contributed by atoms with van der Waals surface area (Å²) in [6.07, 6.45) is 14.1. The molecule has 3 aliphatic heterocycles. The van der Waals surface area contributed by atoms with Crippen molar-refractivity contribution >= 4 is 0 Å². The maximum atomic E-state index is 10.4. The van der Waals surface area contributed by atoms with Gasteiger partial charge in [0, 0.05) is 91.7 Å². The van der Waals surface area contributed by atoms with Gasteiger partial charge >= 0.3 is 0 Å². The number of allylic oxidation sites excluding steroid dienone is 4. The summed E-state index contributed by atoms with van der Waals surface area (Å²) in [5.41, 5.74) is 0. The van der Waals surface area contributed by atoms with Crippen molar-refractivity contribution in [1.29, 1.82) is 0 Å². The standard InChI is InChI=1S/C24H42N6O6/c1-23(31,32)27-15-11-25(19-21-7-3-5-9-29(21)35)13-17-28(24(2,33)34)18-14-26(12-16-27)20-22-8-4-6-10-30(22)36/h3-10,21-22,31-36H,11-20H2,1-2H3/t21-,22-/m1/s1. The number of rotatable bonds is 6. The van der Waals surface area contributed by atoms with Crippen molar-refractivity contribution in [3.63, 3.8) is 0 Å². The van der Waals surface area contributed by atoms with Crippen molar-refractivity contribution in [2.24, 2.45) is 0 Å². The summed E-state index contributed by atoms with van der Waals surface area (Å²) in [6, 6.07) is -0.549. The molecule has 2 atom stereocenters. The molecular weight excluding hydrogens is 468 g/mol. The van der Waals surface area contributed by atoms with Gasteiger partial charge in [-0.1, -0.05) is 24.3 Å². The number of hydrogen-bond donors (Lipinski definition) is 6. The molecule has 12 nitrogen and oxygen atoms in total. The van der Waals surface area contributed by atoms with Crippen molar-refractivity contribution < 1.29 is 30.8 Å². The zero-order chi connectivity index (χ0) is 26.3. The van der Waals surface area contributed by atoms with Crippen LogP contribution in [0.5, 0.6) is 0 Å². The van der Waals surface area contributed by atoms with E-state index in [0.717, 1.165) is 10.1 Å². The first kappa shape index (κ1) is 28.7. The maximum absolute atomic E-state index is 10.4. The highest BCUT2D eigenvalue weighted by Crippen LogP contribution is 2.15. The summed E-state index contributed by atoms with van der Waals surface area (Å²) in [5.74, 6) is -4.04. The zero-order valence-electron chi connectivity index (χ0n) is 21.2. The summed E-state index contributed by atoms with van der Waals surface area (Å²) >= 11 is 0. The minimum Gasteiger partial charge on any atom is -0.353 e. The first-order valence-corrected chi connectivity index (χ1v) is 12.4. The third-order valence-corrected chi connectivity index (χ3v) is 6.88. The Bertz CT molecular complexity index is 726. The first-order chi connectivity index (χ1) is 16.9. The average Bonchev–Trinajstić information content (AvgIpc) is 2.78. The Balaban J connectivity index is 1.76. The molecule has 0 aromatic rings. The monoisotopic (exact) mass is 510 g/mol. The zero-order valence-corrected chi connectivity index (χ0v) is 21.2. The topological polar surface area (TPSA) is 141 Å². The van der Waals surface area contributed by atoms with Gasteiger partial charge in [0.05, 0.1) is 12.1 Å². The summed E-state index contributed by atoms with van der Waals surface area (Å²) in [5, 5.41) is 64.4. The van der Waals surface area contributed by atoms with Gasteiger partial charge in [0.2, 0.25) is 11.8 Å². The molecule has 0 unspecified atom stereocenters. The Kier molecular flexibility index (Phi) is 10.1. The van der Waals surface area contributed by atoms with E-state index in [1.165, 1.54) is 13.8 Å². The molecule has 36 heavy (non-hydrogen) atoms. The molecular formula is C24H42N6O6. The Morgan fingerprint density at radius 1 is 0.583 bits per heavy atom. The van der Waals surface area contributed by atoms with Crippen LogP contribution in [0.15, 0.2) is 48.9 Å². The van der Waals surface area contributed by atoms with Gasteiger partial charge in [-0.25, -0.2) is 0 Å². The molecule has 0 aliphatic carbocycles. The van der Waals surface area contributed by atoms with E-state index in [2.05, 4.69) is 9.80 Å². The van der Waals surface area contributed by atoms with E-state index in [0.29, 0.717) is 65.4 Å². The van der Waals surface area contributed by atoms with E-state index in [9.17, 15) is 30.8 Å². The van der Waals surface area contributed by atoms with Gasteiger partial charge < -0.3 is 20.4 Å². The predicted molar refractivity (Wildman–Crippen MR) is 133 cm³/mol. The van der Waals surface area contributed by atoms with E-state index in [-0.39, 0.29) is 12.1 Å². The number of nitrogens with zero attached hydrogens (tertiary/aromatic N) is 6. The first-order valence-electron chi connectivity index (χ1n) is 12.4. The lowest BCUT2D eigenvalue weighted by Gasteiger charge is -2.41. The van der Waals surface area contributed by atoms with Gasteiger partial charge in [-0.15, -0.1) is 0 Å². The smallest absolute Gasteiger partial charge is 0.222 e. The molecule has 3 rings (SSSR count). The Labute approximate surface area is 213 Å². The van der Waals surface area contributed by atoms with E-state index in [1.54, 1.807) is 34.4 Å². The highest BCUT2D eigenvalue weighted by molar-refractivity contribution is 5.12. The van der Waals surface area contributed by atoms with Crippen LogP contribution in [0.2, 0.25) is 0 Å². The lowest BCUT2D eigenvalue weighted by molar-refractivity contribution is -0.256. The fourth-order valence-electron chi connectivity index (χ4n) is 4.58. The number of aliphatic hydroxyl groups is 4. The van der Waals surface area contributed by atoms with Crippen LogP contribution in [0.3, 0.4) is 0 Å². The van der Waals surface area contributed by atoms with Crippen LogP contribution in [0, 0.1) is 0 Å². The van der Waals surface area contributed by atoms with E-state index < -0.39 is 11.8 Å². The Morgan fingerprint density at radius 3 is 1.19 bits per heavy atom. The molecule has 0 aromatic carbocycles. The lowest BCUT2D eigenvalue weighted by Crippen LogP contribution is -2.57. The van der Waals surface area contributed by atoms with Crippen LogP contribution >= 0.6 is 0 Å². The van der Waals surface area contributed by atoms with E-state index >= 15 is 0 Å². The van der Waals surface area contributed by atoms with Crippen LogP contribution in [0.25, 0.3) is 0 Å². The molecule has 6 N–H and O–H groups in total. The molecule has 1 fully saturated rings. The van der Waals surface area contributed by atoms with Crippen LogP contribution in [-0.4, -0.2) is 150 Å². The molecule has 0 bridgehead atoms. The Morgan fingerprint density at radius 2 is 0.917 bits per heavy atom. The molecule has 12 heteroatoms. The second kappa shape index (κ2) is 12.6. The molecule has 3 heterocycles. The average molecular weight is 511 g/mol. The normalized spacial score (nSPS) is 26.9. The summed E-state index contributed by atoms with van der Waals surface area (Å²) in [4.78, 5) is 7.32. The lowest BCUT2D eigenvalue weighted by atomic mass is 10.2. The van der Waals surface area contributed by atoms with Crippen LogP contribution in [-0.2, 0) is 0 Å². The minimum absolute atomic E-state index is 0.274. The molecule has 3 aliphatic rings. The molecule has 0 spiro atoms. The molecule has 0 amide bonds. The largest absolute Gasteiger partial charge is 0.353 e. The minimum atomic E-state index is -2.02. The third kappa shape index (κ3) is 8.63. The van der Waals surface area contributed by atoms with Crippen LogP contribution in [0.4, 0.5) is 0 Å². The second-order valence-corrected chi connectivity index (χ2v) is 9.86. The number of hydroxylamine groups is 4. The van der Waals surface area contributed by atoms with Crippen molar-refractivity contribution in [2.45, 2.75) is 37.8 Å². The summed E-state index contributed by atoms with van der Waals surface area (Å²) in [7, 11) is 0. The maximum Gasteiger partial charge on any atom is 0.222 e. The van der Waals surface area contributed by atoms with Crippen LogP contribution in [0.1, 0.15) is 13.8 Å². The fraction of sp³-hybridized carbons (Fsp3) is 0.667. The summed E-state index contributed by atoms with van der Waals surface area (Å²) < 4.78 is 0. The molecule has 204 valence electrons. The Hall–Kier alpha value is -1.84.